The number of fused-ring (bicyclic) bond motifs is 1. The number of hydrogen-bond acceptors (Lipinski definition) is 5. The number of ether oxygens (including phenoxy) is 1. The number of halogens is 1. The first-order valence-electron chi connectivity index (χ1n) is 10.5. The van der Waals surface area contributed by atoms with Crippen molar-refractivity contribution >= 4 is 45.0 Å². The van der Waals surface area contributed by atoms with Gasteiger partial charge in [-0.25, -0.2) is 4.98 Å². The lowest BCUT2D eigenvalue weighted by atomic mass is 10.1. The third kappa shape index (κ3) is 6.42. The molecule has 0 fully saturated rings. The summed E-state index contributed by atoms with van der Waals surface area (Å²) in [6.07, 6.45) is 2.12. The Bertz CT molecular complexity index is 1000. The van der Waals surface area contributed by atoms with Crippen LogP contribution >= 0.6 is 23.7 Å². The predicted octanol–water partition coefficient (Wildman–Crippen LogP) is 5.72. The second-order valence-corrected chi connectivity index (χ2v) is 8.92. The van der Waals surface area contributed by atoms with Crippen LogP contribution in [0.4, 0.5) is 5.13 Å². The SMILES string of the molecule is CCCCOc1ccc(C(=O)N(CCN(C)C)c2nc3c(C)cc(C)cc3s2)cc1.Cl. The maximum absolute atomic E-state index is 13.4. The molecule has 168 valence electrons. The van der Waals surface area contributed by atoms with Crippen LogP contribution in [0.5, 0.6) is 5.75 Å². The molecule has 0 radical (unpaired) electrons. The van der Waals surface area contributed by atoms with Gasteiger partial charge in [0, 0.05) is 18.7 Å². The lowest BCUT2D eigenvalue weighted by Crippen LogP contribution is -2.36. The summed E-state index contributed by atoms with van der Waals surface area (Å²) in [5, 5.41) is 0.744. The van der Waals surface area contributed by atoms with E-state index in [1.807, 2.05) is 38.4 Å². The first-order chi connectivity index (χ1) is 14.4. The zero-order chi connectivity index (χ0) is 21.7. The van der Waals surface area contributed by atoms with Crippen LogP contribution in [0.15, 0.2) is 36.4 Å². The van der Waals surface area contributed by atoms with Crippen LogP contribution in [0.2, 0.25) is 0 Å². The van der Waals surface area contributed by atoms with Crippen molar-refractivity contribution in [3.8, 4) is 5.75 Å². The summed E-state index contributed by atoms with van der Waals surface area (Å²) in [7, 11) is 4.02. The molecular formula is C24H32ClN3O2S. The Morgan fingerprint density at radius 1 is 1.10 bits per heavy atom. The number of aromatic nitrogens is 1. The number of carbonyl (C=O) groups is 1. The quantitative estimate of drug-likeness (QED) is 0.382. The molecule has 0 aliphatic rings. The molecule has 0 unspecified atom stereocenters. The van der Waals surface area contributed by atoms with Gasteiger partial charge in [-0.3, -0.25) is 9.69 Å². The number of hydrogen-bond donors (Lipinski definition) is 0. The van der Waals surface area contributed by atoms with Crippen molar-refractivity contribution in [3.05, 3.63) is 53.1 Å². The number of nitrogens with zero attached hydrogens (tertiary/aromatic N) is 3. The predicted molar refractivity (Wildman–Crippen MR) is 133 cm³/mol. The third-order valence-electron chi connectivity index (χ3n) is 4.93. The average molecular weight is 462 g/mol. The number of unbranched alkanes of at least 4 members (excludes halogenated alkanes) is 1. The van der Waals surface area contributed by atoms with Gasteiger partial charge in [0.1, 0.15) is 5.75 Å². The standard InChI is InChI=1S/C24H31N3O2S.ClH/c1-6-7-14-29-20-10-8-19(9-11-20)23(28)27(13-12-26(4)5)24-25-22-18(3)15-17(2)16-21(22)30-24;/h8-11,15-16H,6-7,12-14H2,1-5H3;1H. The molecule has 0 bridgehead atoms. The Morgan fingerprint density at radius 3 is 2.45 bits per heavy atom. The smallest absolute Gasteiger partial charge is 0.260 e. The van der Waals surface area contributed by atoms with Crippen LogP contribution in [0.1, 0.15) is 41.3 Å². The second kappa shape index (κ2) is 11.5. The van der Waals surface area contributed by atoms with Gasteiger partial charge in [-0.1, -0.05) is 30.7 Å². The highest BCUT2D eigenvalue weighted by molar-refractivity contribution is 7.22. The van der Waals surface area contributed by atoms with Gasteiger partial charge in [0.2, 0.25) is 0 Å². The Labute approximate surface area is 195 Å². The number of carbonyl (C=O) groups excluding carboxylic acids is 1. The first kappa shape index (κ1) is 25.1. The molecule has 1 heterocycles. The third-order valence-corrected chi connectivity index (χ3v) is 5.96. The zero-order valence-corrected chi connectivity index (χ0v) is 20.6. The molecule has 5 nitrogen and oxygen atoms in total. The normalized spacial score (nSPS) is 10.9. The molecule has 31 heavy (non-hydrogen) atoms. The summed E-state index contributed by atoms with van der Waals surface area (Å²) < 4.78 is 6.84. The highest BCUT2D eigenvalue weighted by atomic mass is 35.5. The molecule has 2 aromatic carbocycles. The summed E-state index contributed by atoms with van der Waals surface area (Å²) in [5.41, 5.74) is 3.97. The van der Waals surface area contributed by atoms with Gasteiger partial charge in [0.15, 0.2) is 5.13 Å². The van der Waals surface area contributed by atoms with Crippen LogP contribution in [0.25, 0.3) is 10.2 Å². The van der Waals surface area contributed by atoms with Crippen molar-refractivity contribution in [1.82, 2.24) is 9.88 Å². The van der Waals surface area contributed by atoms with Gasteiger partial charge in [0.25, 0.3) is 5.91 Å². The highest BCUT2D eigenvalue weighted by Crippen LogP contribution is 2.32. The number of benzene rings is 2. The molecular weight excluding hydrogens is 430 g/mol. The van der Waals surface area contributed by atoms with E-state index in [9.17, 15) is 4.79 Å². The van der Waals surface area contributed by atoms with Gasteiger partial charge in [0.05, 0.1) is 16.8 Å². The van der Waals surface area contributed by atoms with Crippen molar-refractivity contribution in [2.75, 3.05) is 38.7 Å². The summed E-state index contributed by atoms with van der Waals surface area (Å²) in [6, 6.07) is 11.7. The molecule has 0 saturated carbocycles. The lowest BCUT2D eigenvalue weighted by Gasteiger charge is -2.22. The Hall–Kier alpha value is -2.15. The van der Waals surface area contributed by atoms with Crippen molar-refractivity contribution in [2.24, 2.45) is 0 Å². The number of amides is 1. The van der Waals surface area contributed by atoms with Gasteiger partial charge in [-0.15, -0.1) is 12.4 Å². The van der Waals surface area contributed by atoms with E-state index in [4.69, 9.17) is 9.72 Å². The molecule has 0 N–H and O–H groups in total. The molecule has 0 aliphatic carbocycles. The van der Waals surface area contributed by atoms with E-state index in [0.717, 1.165) is 46.0 Å². The summed E-state index contributed by atoms with van der Waals surface area (Å²) in [4.78, 5) is 22.1. The minimum atomic E-state index is -0.0367. The summed E-state index contributed by atoms with van der Waals surface area (Å²) >= 11 is 1.58. The van der Waals surface area contributed by atoms with Crippen molar-refractivity contribution in [1.29, 1.82) is 0 Å². The minimum absolute atomic E-state index is 0. The van der Waals surface area contributed by atoms with Gasteiger partial charge in [-0.2, -0.15) is 0 Å². The van der Waals surface area contributed by atoms with Crippen LogP contribution in [-0.4, -0.2) is 49.6 Å². The molecule has 3 rings (SSSR count). The fourth-order valence-corrected chi connectivity index (χ4v) is 4.41. The fraction of sp³-hybridized carbons (Fsp3) is 0.417. The fourth-order valence-electron chi connectivity index (χ4n) is 3.24. The van der Waals surface area contributed by atoms with Crippen molar-refractivity contribution in [3.63, 3.8) is 0 Å². The Morgan fingerprint density at radius 2 is 1.81 bits per heavy atom. The number of rotatable bonds is 9. The number of likely N-dealkylation sites (N-methyl/N-ethyl adjacent to an activating group) is 1. The molecule has 0 aliphatic heterocycles. The molecule has 0 atom stereocenters. The monoisotopic (exact) mass is 461 g/mol. The summed E-state index contributed by atoms with van der Waals surface area (Å²) in [6.45, 7) is 8.34. The van der Waals surface area contributed by atoms with E-state index >= 15 is 0 Å². The maximum Gasteiger partial charge on any atom is 0.260 e. The number of anilines is 1. The maximum atomic E-state index is 13.4. The molecule has 3 aromatic rings. The molecule has 1 aromatic heterocycles. The van der Waals surface area contributed by atoms with E-state index in [0.29, 0.717) is 18.7 Å². The molecule has 0 spiro atoms. The number of aryl methyl sites for hydroxylation is 2. The van der Waals surface area contributed by atoms with E-state index in [2.05, 4.69) is 37.8 Å². The zero-order valence-electron chi connectivity index (χ0n) is 19.0. The average Bonchev–Trinajstić information content (AvgIpc) is 3.12. The Kier molecular flexibility index (Phi) is 9.29. The summed E-state index contributed by atoms with van der Waals surface area (Å²) in [5.74, 6) is 0.760. The second-order valence-electron chi connectivity index (χ2n) is 7.91. The van der Waals surface area contributed by atoms with Gasteiger partial charge >= 0.3 is 0 Å². The highest BCUT2D eigenvalue weighted by Gasteiger charge is 2.22. The number of thiazole rings is 1. The minimum Gasteiger partial charge on any atom is -0.494 e. The van der Waals surface area contributed by atoms with E-state index in [-0.39, 0.29) is 18.3 Å². The van der Waals surface area contributed by atoms with Gasteiger partial charge < -0.3 is 9.64 Å². The van der Waals surface area contributed by atoms with Crippen LogP contribution < -0.4 is 9.64 Å². The largest absolute Gasteiger partial charge is 0.494 e. The Balaban J connectivity index is 0.00000341. The molecule has 7 heteroatoms. The van der Waals surface area contributed by atoms with Crippen LogP contribution in [0.3, 0.4) is 0 Å². The topological polar surface area (TPSA) is 45.7 Å². The van der Waals surface area contributed by atoms with E-state index in [1.54, 1.807) is 16.2 Å². The van der Waals surface area contributed by atoms with Crippen LogP contribution in [0, 0.1) is 13.8 Å². The van der Waals surface area contributed by atoms with Crippen LogP contribution in [-0.2, 0) is 0 Å². The van der Waals surface area contributed by atoms with Crippen molar-refractivity contribution in [2.45, 2.75) is 33.6 Å². The van der Waals surface area contributed by atoms with E-state index in [1.165, 1.54) is 5.56 Å². The lowest BCUT2D eigenvalue weighted by molar-refractivity contribution is 0.0985. The van der Waals surface area contributed by atoms with Crippen molar-refractivity contribution < 1.29 is 9.53 Å². The molecule has 1 amide bonds. The molecule has 0 saturated heterocycles. The first-order valence-corrected chi connectivity index (χ1v) is 11.3. The van der Waals surface area contributed by atoms with E-state index < -0.39 is 0 Å². The van der Waals surface area contributed by atoms with Gasteiger partial charge in [-0.05, 0) is 75.8 Å².